The summed E-state index contributed by atoms with van der Waals surface area (Å²) in [5.41, 5.74) is 1.62. The number of hydrogen-bond donors (Lipinski definition) is 1. The Balaban J connectivity index is 2.78. The lowest BCUT2D eigenvalue weighted by atomic mass is 10.2. The first-order valence-electron chi connectivity index (χ1n) is 4.15. The third kappa shape index (κ3) is 2.64. The van der Waals surface area contributed by atoms with Crippen LogP contribution >= 0.6 is 0 Å². The van der Waals surface area contributed by atoms with Crippen LogP contribution in [-0.4, -0.2) is 6.04 Å². The highest BCUT2D eigenvalue weighted by Crippen LogP contribution is 2.10. The Labute approximate surface area is 78.5 Å². The Morgan fingerprint density at radius 1 is 1.62 bits per heavy atom. The van der Waals surface area contributed by atoms with Gasteiger partial charge in [-0.2, -0.15) is 5.26 Å². The molecule has 0 radical (unpaired) electrons. The zero-order valence-corrected chi connectivity index (χ0v) is 7.62. The molecular weight excluding hydrogens is 160 g/mol. The van der Waals surface area contributed by atoms with Crippen molar-refractivity contribution in [3.8, 4) is 6.07 Å². The van der Waals surface area contributed by atoms with Gasteiger partial charge in [-0.05, 0) is 25.1 Å². The van der Waals surface area contributed by atoms with Crippen LogP contribution < -0.4 is 5.32 Å². The summed E-state index contributed by atoms with van der Waals surface area (Å²) in [7, 11) is 0. The van der Waals surface area contributed by atoms with Crippen LogP contribution in [0, 0.1) is 11.3 Å². The number of nitrogens with one attached hydrogen (secondary N) is 1. The third-order valence-corrected chi connectivity index (χ3v) is 1.74. The van der Waals surface area contributed by atoms with Crippen molar-refractivity contribution in [3.63, 3.8) is 0 Å². The van der Waals surface area contributed by atoms with Gasteiger partial charge in [0.2, 0.25) is 0 Å². The van der Waals surface area contributed by atoms with Crippen LogP contribution in [-0.2, 0) is 0 Å². The zero-order valence-electron chi connectivity index (χ0n) is 7.62. The smallest absolute Gasteiger partial charge is 0.0992 e. The largest absolute Gasteiger partial charge is 0.379 e. The van der Waals surface area contributed by atoms with Crippen LogP contribution in [0.5, 0.6) is 0 Å². The summed E-state index contributed by atoms with van der Waals surface area (Å²) >= 11 is 0. The molecule has 1 rings (SSSR count). The topological polar surface area (TPSA) is 35.8 Å². The van der Waals surface area contributed by atoms with E-state index >= 15 is 0 Å². The molecule has 0 saturated heterocycles. The van der Waals surface area contributed by atoms with Gasteiger partial charge in [-0.3, -0.25) is 0 Å². The average molecular weight is 172 g/mol. The number of hydrogen-bond acceptors (Lipinski definition) is 2. The first kappa shape index (κ1) is 9.34. The van der Waals surface area contributed by atoms with E-state index in [2.05, 4.69) is 18.0 Å². The van der Waals surface area contributed by atoms with E-state index < -0.39 is 0 Å². The van der Waals surface area contributed by atoms with Gasteiger partial charge in [-0.25, -0.2) is 0 Å². The normalized spacial score (nSPS) is 11.4. The van der Waals surface area contributed by atoms with E-state index in [9.17, 15) is 0 Å². The molecule has 1 unspecified atom stereocenters. The van der Waals surface area contributed by atoms with Gasteiger partial charge in [-0.15, -0.1) is 6.58 Å². The molecule has 0 aromatic heterocycles. The van der Waals surface area contributed by atoms with E-state index in [0.29, 0.717) is 5.56 Å². The van der Waals surface area contributed by atoms with Crippen molar-refractivity contribution < 1.29 is 0 Å². The molecule has 0 bridgehead atoms. The molecule has 0 aliphatic rings. The van der Waals surface area contributed by atoms with Crippen LogP contribution in [0.15, 0.2) is 36.9 Å². The van der Waals surface area contributed by atoms with Crippen LogP contribution in [0.1, 0.15) is 12.5 Å². The Morgan fingerprint density at radius 3 is 3.00 bits per heavy atom. The van der Waals surface area contributed by atoms with E-state index in [1.165, 1.54) is 0 Å². The minimum atomic E-state index is 0.217. The molecule has 13 heavy (non-hydrogen) atoms. The fraction of sp³-hybridized carbons (Fsp3) is 0.182. The molecule has 0 fully saturated rings. The van der Waals surface area contributed by atoms with Gasteiger partial charge in [-0.1, -0.05) is 12.1 Å². The van der Waals surface area contributed by atoms with E-state index in [4.69, 9.17) is 5.26 Å². The molecule has 2 nitrogen and oxygen atoms in total. The second kappa shape index (κ2) is 4.32. The van der Waals surface area contributed by atoms with Crippen molar-refractivity contribution in [2.24, 2.45) is 0 Å². The number of benzene rings is 1. The summed E-state index contributed by atoms with van der Waals surface area (Å²) in [4.78, 5) is 0. The summed E-state index contributed by atoms with van der Waals surface area (Å²) in [5.74, 6) is 0. The predicted molar refractivity (Wildman–Crippen MR) is 54.4 cm³/mol. The van der Waals surface area contributed by atoms with Gasteiger partial charge < -0.3 is 5.32 Å². The fourth-order valence-corrected chi connectivity index (χ4v) is 1.00. The molecule has 0 saturated carbocycles. The van der Waals surface area contributed by atoms with Crippen LogP contribution in [0.3, 0.4) is 0 Å². The number of rotatable bonds is 3. The highest BCUT2D eigenvalue weighted by molar-refractivity contribution is 5.50. The lowest BCUT2D eigenvalue weighted by molar-refractivity contribution is 1.00. The van der Waals surface area contributed by atoms with Gasteiger partial charge >= 0.3 is 0 Å². The van der Waals surface area contributed by atoms with Crippen molar-refractivity contribution in [1.29, 1.82) is 5.26 Å². The Kier molecular flexibility index (Phi) is 3.10. The maximum atomic E-state index is 8.66. The molecular formula is C11H12N2. The first-order chi connectivity index (χ1) is 6.26. The third-order valence-electron chi connectivity index (χ3n) is 1.74. The second-order valence-electron chi connectivity index (χ2n) is 2.86. The summed E-state index contributed by atoms with van der Waals surface area (Å²) in [6, 6.07) is 9.70. The molecule has 0 aliphatic heterocycles. The fourth-order valence-electron chi connectivity index (χ4n) is 1.00. The standard InChI is InChI=1S/C11H12N2/c1-3-9(2)13-11-6-4-5-10(7-11)8-12/h3-7,9,13H,1H2,2H3. The van der Waals surface area contributed by atoms with Crippen LogP contribution in [0.25, 0.3) is 0 Å². The number of nitriles is 1. The minimum Gasteiger partial charge on any atom is -0.379 e. The number of anilines is 1. The first-order valence-corrected chi connectivity index (χ1v) is 4.15. The molecule has 0 aliphatic carbocycles. The summed E-state index contributed by atoms with van der Waals surface area (Å²) in [6.07, 6.45) is 1.82. The SMILES string of the molecule is C=CC(C)Nc1cccc(C#N)c1. The molecule has 1 atom stereocenters. The Bertz CT molecular complexity index is 336. The molecule has 0 spiro atoms. The van der Waals surface area contributed by atoms with Crippen molar-refractivity contribution >= 4 is 5.69 Å². The summed E-state index contributed by atoms with van der Waals surface area (Å²) in [5, 5.41) is 11.9. The zero-order chi connectivity index (χ0) is 9.68. The molecule has 0 amide bonds. The minimum absolute atomic E-state index is 0.217. The Hall–Kier alpha value is -1.75. The average Bonchev–Trinajstić information content (AvgIpc) is 2.18. The highest BCUT2D eigenvalue weighted by Gasteiger charge is 1.97. The predicted octanol–water partition coefficient (Wildman–Crippen LogP) is 2.54. The van der Waals surface area contributed by atoms with Crippen molar-refractivity contribution in [3.05, 3.63) is 42.5 Å². The van der Waals surface area contributed by atoms with Gasteiger partial charge in [0.25, 0.3) is 0 Å². The van der Waals surface area contributed by atoms with Crippen molar-refractivity contribution in [1.82, 2.24) is 0 Å². The lowest BCUT2D eigenvalue weighted by Gasteiger charge is -2.10. The molecule has 0 heterocycles. The summed E-state index contributed by atoms with van der Waals surface area (Å²) < 4.78 is 0. The molecule has 66 valence electrons. The van der Waals surface area contributed by atoms with E-state index in [0.717, 1.165) is 5.69 Å². The van der Waals surface area contributed by atoms with Crippen LogP contribution in [0.4, 0.5) is 5.69 Å². The van der Waals surface area contributed by atoms with Crippen molar-refractivity contribution in [2.45, 2.75) is 13.0 Å². The van der Waals surface area contributed by atoms with Gasteiger partial charge in [0.15, 0.2) is 0 Å². The molecule has 1 N–H and O–H groups in total. The quantitative estimate of drug-likeness (QED) is 0.711. The van der Waals surface area contributed by atoms with E-state index in [1.54, 1.807) is 6.07 Å². The Morgan fingerprint density at radius 2 is 2.38 bits per heavy atom. The van der Waals surface area contributed by atoms with Crippen LogP contribution in [0.2, 0.25) is 0 Å². The maximum Gasteiger partial charge on any atom is 0.0992 e. The van der Waals surface area contributed by atoms with Gasteiger partial charge in [0, 0.05) is 11.7 Å². The van der Waals surface area contributed by atoms with Crippen molar-refractivity contribution in [2.75, 3.05) is 5.32 Å². The van der Waals surface area contributed by atoms with Gasteiger partial charge in [0.05, 0.1) is 11.6 Å². The number of nitrogens with zero attached hydrogens (tertiary/aromatic N) is 1. The maximum absolute atomic E-state index is 8.66. The lowest BCUT2D eigenvalue weighted by Crippen LogP contribution is -2.10. The van der Waals surface area contributed by atoms with E-state index in [1.807, 2.05) is 31.2 Å². The molecule has 2 heteroatoms. The van der Waals surface area contributed by atoms with E-state index in [-0.39, 0.29) is 6.04 Å². The van der Waals surface area contributed by atoms with Gasteiger partial charge in [0.1, 0.15) is 0 Å². The molecule has 1 aromatic rings. The molecule has 1 aromatic carbocycles. The second-order valence-corrected chi connectivity index (χ2v) is 2.86. The monoisotopic (exact) mass is 172 g/mol. The summed E-state index contributed by atoms with van der Waals surface area (Å²) in [6.45, 7) is 5.68. The highest BCUT2D eigenvalue weighted by atomic mass is 14.9.